The summed E-state index contributed by atoms with van der Waals surface area (Å²) in [5.41, 5.74) is 3.28. The number of alkyl halides is 1. The fraction of sp³-hybridized carbons (Fsp3) is 0.429. The molecule has 27 heavy (non-hydrogen) atoms. The minimum atomic E-state index is -0.519. The van der Waals surface area contributed by atoms with Gasteiger partial charge in [-0.1, -0.05) is 6.07 Å². The van der Waals surface area contributed by atoms with Crippen molar-refractivity contribution in [1.82, 2.24) is 5.32 Å². The zero-order chi connectivity index (χ0) is 19.2. The Labute approximate surface area is 159 Å². The lowest BCUT2D eigenvalue weighted by Gasteiger charge is -2.30. The summed E-state index contributed by atoms with van der Waals surface area (Å²) in [5.74, 6) is 2.95. The Morgan fingerprint density at radius 1 is 0.963 bits per heavy atom. The zero-order valence-corrected chi connectivity index (χ0v) is 16.0. The van der Waals surface area contributed by atoms with Gasteiger partial charge < -0.3 is 24.3 Å². The molecule has 2 aromatic carbocycles. The van der Waals surface area contributed by atoms with Crippen molar-refractivity contribution in [3.05, 3.63) is 47.0 Å². The van der Waals surface area contributed by atoms with Crippen molar-refractivity contribution in [1.29, 1.82) is 0 Å². The lowest BCUT2D eigenvalue weighted by molar-refractivity contribution is 0.266. The lowest BCUT2D eigenvalue weighted by atomic mass is 9.88. The summed E-state index contributed by atoms with van der Waals surface area (Å²) in [4.78, 5) is 0. The average molecular weight is 375 g/mol. The summed E-state index contributed by atoms with van der Waals surface area (Å²) in [7, 11) is 4.92. The molecule has 6 heteroatoms. The summed E-state index contributed by atoms with van der Waals surface area (Å²) in [6, 6.07) is 9.71. The Hall–Kier alpha value is -2.47. The van der Waals surface area contributed by atoms with Gasteiger partial charge in [0.2, 0.25) is 0 Å². The molecular formula is C21H26FNO4. The van der Waals surface area contributed by atoms with Gasteiger partial charge in [-0.3, -0.25) is 0 Å². The zero-order valence-electron chi connectivity index (χ0n) is 16.0. The van der Waals surface area contributed by atoms with Crippen LogP contribution >= 0.6 is 0 Å². The van der Waals surface area contributed by atoms with Gasteiger partial charge in [0.1, 0.15) is 24.8 Å². The number of hydrogen-bond acceptors (Lipinski definition) is 5. The number of ether oxygens (including phenoxy) is 4. The van der Waals surface area contributed by atoms with Crippen molar-refractivity contribution < 1.29 is 23.3 Å². The first-order valence-electron chi connectivity index (χ1n) is 9.04. The van der Waals surface area contributed by atoms with Gasteiger partial charge in [0.05, 0.1) is 21.3 Å². The van der Waals surface area contributed by atoms with E-state index in [1.165, 1.54) is 0 Å². The van der Waals surface area contributed by atoms with E-state index in [-0.39, 0.29) is 12.6 Å². The third kappa shape index (κ3) is 4.11. The first-order valence-corrected chi connectivity index (χ1v) is 9.04. The van der Waals surface area contributed by atoms with Gasteiger partial charge in [-0.25, -0.2) is 4.39 Å². The van der Waals surface area contributed by atoms with Gasteiger partial charge in [-0.05, 0) is 49.2 Å². The number of fused-ring (bicyclic) bond motifs is 1. The molecule has 0 saturated heterocycles. The van der Waals surface area contributed by atoms with Gasteiger partial charge in [0, 0.05) is 17.2 Å². The Morgan fingerprint density at radius 2 is 1.67 bits per heavy atom. The van der Waals surface area contributed by atoms with Crippen LogP contribution in [0, 0.1) is 0 Å². The highest BCUT2D eigenvalue weighted by Crippen LogP contribution is 2.39. The Bertz CT molecular complexity index is 781. The van der Waals surface area contributed by atoms with Gasteiger partial charge in [0.25, 0.3) is 0 Å². The molecule has 3 rings (SSSR count). The molecule has 2 aromatic rings. The van der Waals surface area contributed by atoms with Crippen LogP contribution in [0.1, 0.15) is 22.7 Å². The molecule has 146 valence electrons. The van der Waals surface area contributed by atoms with E-state index < -0.39 is 6.67 Å². The maximum atomic E-state index is 12.7. The van der Waals surface area contributed by atoms with Crippen LogP contribution in [0.2, 0.25) is 0 Å². The topological polar surface area (TPSA) is 49.0 Å². The van der Waals surface area contributed by atoms with E-state index in [0.29, 0.717) is 17.2 Å². The monoisotopic (exact) mass is 375 g/mol. The molecule has 1 aliphatic heterocycles. The van der Waals surface area contributed by atoms with Crippen molar-refractivity contribution in [3.8, 4) is 23.0 Å². The number of benzene rings is 2. The second kappa shape index (κ2) is 8.95. The fourth-order valence-corrected chi connectivity index (χ4v) is 3.62. The van der Waals surface area contributed by atoms with Crippen molar-refractivity contribution in [3.63, 3.8) is 0 Å². The highest BCUT2D eigenvalue weighted by molar-refractivity contribution is 5.52. The maximum Gasteiger partial charge on any atom is 0.160 e. The normalized spacial score (nSPS) is 15.8. The molecule has 0 fully saturated rings. The van der Waals surface area contributed by atoms with Crippen molar-refractivity contribution in [2.75, 3.05) is 41.2 Å². The Kier molecular flexibility index (Phi) is 6.40. The van der Waals surface area contributed by atoms with Crippen LogP contribution in [0.25, 0.3) is 0 Å². The fourth-order valence-electron chi connectivity index (χ4n) is 3.62. The lowest BCUT2D eigenvalue weighted by Crippen LogP contribution is -2.32. The molecule has 0 saturated carbocycles. The van der Waals surface area contributed by atoms with E-state index in [1.54, 1.807) is 21.3 Å². The maximum absolute atomic E-state index is 12.7. The molecule has 0 bridgehead atoms. The summed E-state index contributed by atoms with van der Waals surface area (Å²) in [6.45, 7) is 0.365. The molecule has 1 unspecified atom stereocenters. The number of hydrogen-bond donors (Lipinski definition) is 1. The van der Waals surface area contributed by atoms with E-state index in [2.05, 4.69) is 5.32 Å². The van der Waals surface area contributed by atoms with Crippen molar-refractivity contribution in [2.24, 2.45) is 0 Å². The average Bonchev–Trinajstić information content (AvgIpc) is 2.71. The third-order valence-electron chi connectivity index (χ3n) is 4.83. The molecular weight excluding hydrogens is 349 g/mol. The minimum absolute atomic E-state index is 0.0385. The smallest absolute Gasteiger partial charge is 0.160 e. The first-order chi connectivity index (χ1) is 13.2. The van der Waals surface area contributed by atoms with Gasteiger partial charge in [-0.15, -0.1) is 0 Å². The molecule has 0 aromatic heterocycles. The highest BCUT2D eigenvalue weighted by Gasteiger charge is 2.27. The number of methoxy groups -OCH3 is 3. The van der Waals surface area contributed by atoms with Crippen LogP contribution in [0.15, 0.2) is 30.3 Å². The molecule has 1 aliphatic rings. The second-order valence-electron chi connectivity index (χ2n) is 6.35. The summed E-state index contributed by atoms with van der Waals surface area (Å²) < 4.78 is 34.6. The minimum Gasteiger partial charge on any atom is -0.496 e. The molecule has 0 radical (unpaired) electrons. The van der Waals surface area contributed by atoms with Gasteiger partial charge >= 0.3 is 0 Å². The van der Waals surface area contributed by atoms with Gasteiger partial charge in [0.15, 0.2) is 11.5 Å². The van der Waals surface area contributed by atoms with Crippen LogP contribution in [-0.4, -0.2) is 41.2 Å². The summed E-state index contributed by atoms with van der Waals surface area (Å²) in [5, 5.41) is 3.56. The van der Waals surface area contributed by atoms with Crippen molar-refractivity contribution >= 4 is 0 Å². The largest absolute Gasteiger partial charge is 0.496 e. The SMILES string of the molecule is COc1ccc(CC2NCCc3c(OC)ccc(OCCF)c32)cc1OC. The molecule has 5 nitrogen and oxygen atoms in total. The number of rotatable bonds is 8. The quantitative estimate of drug-likeness (QED) is 0.765. The highest BCUT2D eigenvalue weighted by atomic mass is 19.1. The predicted molar refractivity (Wildman–Crippen MR) is 102 cm³/mol. The molecule has 1 N–H and O–H groups in total. The van der Waals surface area contributed by atoms with Crippen LogP contribution in [-0.2, 0) is 12.8 Å². The molecule has 1 atom stereocenters. The van der Waals surface area contributed by atoms with Gasteiger partial charge in [-0.2, -0.15) is 0 Å². The summed E-state index contributed by atoms with van der Waals surface area (Å²) >= 11 is 0. The molecule has 0 spiro atoms. The standard InChI is InChI=1S/C21H26FNO4/c1-24-17-6-7-19(27-11-9-22)21-15(17)8-10-23-16(21)12-14-4-5-18(25-2)20(13-14)26-3/h4-7,13,16,23H,8-12H2,1-3H3. The van der Waals surface area contributed by atoms with Crippen LogP contribution < -0.4 is 24.3 Å². The van der Waals surface area contributed by atoms with Crippen LogP contribution in [0.3, 0.4) is 0 Å². The second-order valence-corrected chi connectivity index (χ2v) is 6.35. The third-order valence-corrected chi connectivity index (χ3v) is 4.83. The van der Waals surface area contributed by atoms with E-state index >= 15 is 0 Å². The molecule has 1 heterocycles. The van der Waals surface area contributed by atoms with E-state index in [0.717, 1.165) is 41.8 Å². The Morgan fingerprint density at radius 3 is 2.37 bits per heavy atom. The molecule has 0 amide bonds. The molecule has 0 aliphatic carbocycles. The van der Waals surface area contributed by atoms with Crippen LogP contribution in [0.4, 0.5) is 4.39 Å². The van der Waals surface area contributed by atoms with Crippen LogP contribution in [0.5, 0.6) is 23.0 Å². The van der Waals surface area contributed by atoms with E-state index in [4.69, 9.17) is 18.9 Å². The summed E-state index contributed by atoms with van der Waals surface area (Å²) in [6.07, 6.45) is 1.58. The van der Waals surface area contributed by atoms with E-state index in [9.17, 15) is 4.39 Å². The Balaban J connectivity index is 1.95. The predicted octanol–water partition coefficient (Wildman–Crippen LogP) is 3.49. The number of halogens is 1. The number of nitrogens with one attached hydrogen (secondary N) is 1. The van der Waals surface area contributed by atoms with Crippen molar-refractivity contribution in [2.45, 2.75) is 18.9 Å². The first kappa shape index (κ1) is 19.3. The van der Waals surface area contributed by atoms with E-state index in [1.807, 2.05) is 30.3 Å².